The number of carbonyl (C=O) groups excluding carboxylic acids is 1. The van der Waals surface area contributed by atoms with Gasteiger partial charge in [-0.25, -0.2) is 0 Å². The molecule has 3 aromatic carbocycles. The molecule has 1 saturated heterocycles. The van der Waals surface area contributed by atoms with Gasteiger partial charge in [0.1, 0.15) is 5.75 Å². The number of fused-ring (bicyclic) bond motifs is 1. The van der Waals surface area contributed by atoms with Crippen molar-refractivity contribution in [1.82, 2.24) is 10.2 Å². The number of nitrogens with zero attached hydrogens (tertiary/aromatic N) is 1. The van der Waals surface area contributed by atoms with Gasteiger partial charge < -0.3 is 14.8 Å². The summed E-state index contributed by atoms with van der Waals surface area (Å²) in [4.78, 5) is 14.9. The highest BCUT2D eigenvalue weighted by molar-refractivity contribution is 5.84. The zero-order chi connectivity index (χ0) is 20.8. The van der Waals surface area contributed by atoms with Gasteiger partial charge in [0.25, 0.3) is 5.91 Å². The van der Waals surface area contributed by atoms with Crippen molar-refractivity contribution < 1.29 is 14.3 Å². The standard InChI is InChI=1S/C25H28N2O3/c1-19(30-24-11-10-22-4-2-3-5-23(22)16-24)25(28)26-17-20-6-8-21(9-7-20)18-27-12-14-29-15-13-27/h2-11,16,19H,12-15,17-18H2,1H3,(H,26,28)/t19-/m1/s1. The predicted octanol–water partition coefficient (Wildman–Crippen LogP) is 3.76. The second-order valence-corrected chi connectivity index (χ2v) is 7.69. The average Bonchev–Trinajstić information content (AvgIpc) is 2.79. The van der Waals surface area contributed by atoms with Gasteiger partial charge in [0.05, 0.1) is 13.2 Å². The molecule has 156 valence electrons. The molecule has 3 aromatic rings. The van der Waals surface area contributed by atoms with Crippen LogP contribution in [0.4, 0.5) is 0 Å². The van der Waals surface area contributed by atoms with Crippen LogP contribution in [0.15, 0.2) is 66.7 Å². The number of rotatable bonds is 7. The maximum atomic E-state index is 12.5. The summed E-state index contributed by atoms with van der Waals surface area (Å²) in [5.74, 6) is 0.573. The Bertz CT molecular complexity index is 981. The predicted molar refractivity (Wildman–Crippen MR) is 118 cm³/mol. The summed E-state index contributed by atoms with van der Waals surface area (Å²) in [5, 5.41) is 5.21. The highest BCUT2D eigenvalue weighted by atomic mass is 16.5. The monoisotopic (exact) mass is 404 g/mol. The van der Waals surface area contributed by atoms with Crippen LogP contribution in [0.3, 0.4) is 0 Å². The first-order valence-electron chi connectivity index (χ1n) is 10.5. The van der Waals surface area contributed by atoms with Crippen molar-refractivity contribution in [3.05, 3.63) is 77.9 Å². The quantitative estimate of drug-likeness (QED) is 0.652. The summed E-state index contributed by atoms with van der Waals surface area (Å²) >= 11 is 0. The van der Waals surface area contributed by atoms with Gasteiger partial charge in [-0.2, -0.15) is 0 Å². The molecule has 5 heteroatoms. The number of nitrogens with one attached hydrogen (secondary N) is 1. The van der Waals surface area contributed by atoms with E-state index in [4.69, 9.17) is 9.47 Å². The minimum Gasteiger partial charge on any atom is -0.481 e. The van der Waals surface area contributed by atoms with E-state index in [1.165, 1.54) is 5.56 Å². The molecule has 0 saturated carbocycles. The number of hydrogen-bond donors (Lipinski definition) is 1. The first-order valence-corrected chi connectivity index (χ1v) is 10.5. The molecule has 1 heterocycles. The molecule has 0 aromatic heterocycles. The van der Waals surface area contributed by atoms with Gasteiger partial charge in [0, 0.05) is 26.2 Å². The molecule has 4 rings (SSSR count). The Hall–Kier alpha value is -2.89. The fourth-order valence-corrected chi connectivity index (χ4v) is 3.61. The summed E-state index contributed by atoms with van der Waals surface area (Å²) in [6.07, 6.45) is -0.563. The van der Waals surface area contributed by atoms with Crippen molar-refractivity contribution in [2.24, 2.45) is 0 Å². The number of carbonyl (C=O) groups is 1. The van der Waals surface area contributed by atoms with Gasteiger partial charge >= 0.3 is 0 Å². The third kappa shape index (κ3) is 5.38. The summed E-state index contributed by atoms with van der Waals surface area (Å²) in [6, 6.07) is 22.4. The van der Waals surface area contributed by atoms with Gasteiger partial charge in [-0.1, -0.05) is 54.6 Å². The van der Waals surface area contributed by atoms with E-state index in [1.807, 2.05) is 36.4 Å². The van der Waals surface area contributed by atoms with Crippen LogP contribution in [0.2, 0.25) is 0 Å². The van der Waals surface area contributed by atoms with E-state index in [1.54, 1.807) is 6.92 Å². The molecule has 1 aliphatic heterocycles. The maximum Gasteiger partial charge on any atom is 0.261 e. The number of benzene rings is 3. The highest BCUT2D eigenvalue weighted by Gasteiger charge is 2.15. The van der Waals surface area contributed by atoms with Crippen LogP contribution in [-0.2, 0) is 22.6 Å². The second-order valence-electron chi connectivity index (χ2n) is 7.69. The molecule has 0 unspecified atom stereocenters. The highest BCUT2D eigenvalue weighted by Crippen LogP contribution is 2.21. The molecule has 1 amide bonds. The fraction of sp³-hybridized carbons (Fsp3) is 0.320. The lowest BCUT2D eigenvalue weighted by Gasteiger charge is -2.26. The van der Waals surface area contributed by atoms with Crippen molar-refractivity contribution in [2.45, 2.75) is 26.1 Å². The van der Waals surface area contributed by atoms with Crippen molar-refractivity contribution in [1.29, 1.82) is 0 Å². The molecule has 0 radical (unpaired) electrons. The number of amides is 1. The Kier molecular flexibility index (Phi) is 6.62. The molecular weight excluding hydrogens is 376 g/mol. The minimum atomic E-state index is -0.563. The van der Waals surface area contributed by atoms with Crippen LogP contribution in [0.5, 0.6) is 5.75 Å². The van der Waals surface area contributed by atoms with E-state index in [-0.39, 0.29) is 5.91 Å². The Morgan fingerprint density at radius 3 is 2.47 bits per heavy atom. The summed E-state index contributed by atoms with van der Waals surface area (Å²) in [5.41, 5.74) is 2.35. The molecule has 0 aliphatic carbocycles. The van der Waals surface area contributed by atoms with Crippen molar-refractivity contribution in [3.63, 3.8) is 0 Å². The first-order chi connectivity index (χ1) is 14.7. The SMILES string of the molecule is C[C@@H](Oc1ccc2ccccc2c1)C(=O)NCc1ccc(CN2CCOCC2)cc1. The topological polar surface area (TPSA) is 50.8 Å². The molecule has 1 aliphatic rings. The molecule has 5 nitrogen and oxygen atoms in total. The van der Waals surface area contributed by atoms with Crippen molar-refractivity contribution in [3.8, 4) is 5.75 Å². The molecule has 1 atom stereocenters. The second kappa shape index (κ2) is 9.74. The summed E-state index contributed by atoms with van der Waals surface area (Å²) in [7, 11) is 0. The number of ether oxygens (including phenoxy) is 2. The van der Waals surface area contributed by atoms with Crippen LogP contribution < -0.4 is 10.1 Å². The van der Waals surface area contributed by atoms with Crippen LogP contribution in [-0.4, -0.2) is 43.2 Å². The van der Waals surface area contributed by atoms with Gasteiger partial charge in [0.2, 0.25) is 0 Å². The third-order valence-corrected chi connectivity index (χ3v) is 5.40. The summed E-state index contributed by atoms with van der Waals surface area (Å²) < 4.78 is 11.2. The Balaban J connectivity index is 1.26. The first kappa shape index (κ1) is 20.4. The summed E-state index contributed by atoms with van der Waals surface area (Å²) in [6.45, 7) is 6.78. The fourth-order valence-electron chi connectivity index (χ4n) is 3.61. The molecule has 1 fully saturated rings. The minimum absolute atomic E-state index is 0.124. The molecule has 1 N–H and O–H groups in total. The Morgan fingerprint density at radius 1 is 1.00 bits per heavy atom. The molecule has 0 bridgehead atoms. The Labute approximate surface area is 177 Å². The van der Waals surface area contributed by atoms with Gasteiger partial charge in [-0.05, 0) is 41.0 Å². The van der Waals surface area contributed by atoms with E-state index in [0.29, 0.717) is 12.3 Å². The van der Waals surface area contributed by atoms with Gasteiger partial charge in [-0.15, -0.1) is 0 Å². The molecule has 30 heavy (non-hydrogen) atoms. The smallest absolute Gasteiger partial charge is 0.261 e. The Morgan fingerprint density at radius 2 is 1.70 bits per heavy atom. The van der Waals surface area contributed by atoms with Crippen LogP contribution >= 0.6 is 0 Å². The van der Waals surface area contributed by atoms with E-state index in [2.05, 4.69) is 40.5 Å². The zero-order valence-electron chi connectivity index (χ0n) is 17.3. The van der Waals surface area contributed by atoms with Gasteiger partial charge in [0.15, 0.2) is 6.10 Å². The van der Waals surface area contributed by atoms with Crippen molar-refractivity contribution >= 4 is 16.7 Å². The van der Waals surface area contributed by atoms with E-state index < -0.39 is 6.10 Å². The van der Waals surface area contributed by atoms with Crippen LogP contribution in [0.25, 0.3) is 10.8 Å². The van der Waals surface area contributed by atoms with Crippen LogP contribution in [0, 0.1) is 0 Å². The van der Waals surface area contributed by atoms with Crippen LogP contribution in [0.1, 0.15) is 18.1 Å². The number of hydrogen-bond acceptors (Lipinski definition) is 4. The normalized spacial score (nSPS) is 15.6. The lowest BCUT2D eigenvalue weighted by Crippen LogP contribution is -2.36. The third-order valence-electron chi connectivity index (χ3n) is 5.40. The maximum absolute atomic E-state index is 12.5. The largest absolute Gasteiger partial charge is 0.481 e. The van der Waals surface area contributed by atoms with E-state index in [9.17, 15) is 4.79 Å². The van der Waals surface area contributed by atoms with Gasteiger partial charge in [-0.3, -0.25) is 9.69 Å². The lowest BCUT2D eigenvalue weighted by atomic mass is 10.1. The molecule has 0 spiro atoms. The van der Waals surface area contributed by atoms with E-state index >= 15 is 0 Å². The number of morpholine rings is 1. The molecular formula is C25H28N2O3. The zero-order valence-corrected chi connectivity index (χ0v) is 17.3. The van der Waals surface area contributed by atoms with E-state index in [0.717, 1.165) is 49.2 Å². The average molecular weight is 405 g/mol. The lowest BCUT2D eigenvalue weighted by molar-refractivity contribution is -0.127. The van der Waals surface area contributed by atoms with Crippen molar-refractivity contribution in [2.75, 3.05) is 26.3 Å².